The van der Waals surface area contributed by atoms with Crippen molar-refractivity contribution in [1.82, 2.24) is 0 Å². The zero-order valence-electron chi connectivity index (χ0n) is 16.2. The summed E-state index contributed by atoms with van der Waals surface area (Å²) in [4.78, 5) is 21.8. The molecule has 0 aliphatic rings. The van der Waals surface area contributed by atoms with Crippen LogP contribution in [0.15, 0.2) is 18.2 Å². The third-order valence-electron chi connectivity index (χ3n) is 4.42. The average molecular weight is 403 g/mol. The Hall–Kier alpha value is -2.12. The normalized spacial score (nSPS) is 11.4. The first-order chi connectivity index (χ1) is 13.3. The van der Waals surface area contributed by atoms with E-state index in [4.69, 9.17) is 4.74 Å². The average Bonchev–Trinajstić information content (AvgIpc) is 2.64. The Kier molecular flexibility index (Phi) is 10.6. The molecule has 0 unspecified atom stereocenters. The van der Waals surface area contributed by atoms with Crippen LogP contribution in [0.5, 0.6) is 0 Å². The van der Waals surface area contributed by atoms with Gasteiger partial charge in [-0.25, -0.2) is 4.79 Å². The van der Waals surface area contributed by atoms with Gasteiger partial charge < -0.3 is 4.74 Å². The molecule has 0 spiro atoms. The summed E-state index contributed by atoms with van der Waals surface area (Å²) in [7, 11) is 0. The van der Waals surface area contributed by atoms with Crippen LogP contribution in [-0.4, -0.2) is 17.5 Å². The smallest absolute Gasteiger partial charge is 0.416 e. The van der Waals surface area contributed by atoms with E-state index in [-0.39, 0.29) is 6.61 Å². The van der Waals surface area contributed by atoms with Crippen LogP contribution in [0.3, 0.4) is 0 Å². The van der Waals surface area contributed by atoms with Crippen molar-refractivity contribution in [3.63, 3.8) is 0 Å². The summed E-state index contributed by atoms with van der Waals surface area (Å²) < 4.78 is 43.5. The highest BCUT2D eigenvalue weighted by Gasteiger charge is 2.33. The van der Waals surface area contributed by atoms with E-state index in [9.17, 15) is 28.1 Å². The van der Waals surface area contributed by atoms with Gasteiger partial charge in [0, 0.05) is 12.1 Å². The molecule has 158 valence electrons. The van der Waals surface area contributed by atoms with Crippen molar-refractivity contribution in [3.8, 4) is 0 Å². The molecule has 1 aromatic carbocycles. The molecule has 0 saturated carbocycles. The lowest BCUT2D eigenvalue weighted by atomic mass is 10.1. The zero-order valence-corrected chi connectivity index (χ0v) is 16.2. The molecule has 28 heavy (non-hydrogen) atoms. The summed E-state index contributed by atoms with van der Waals surface area (Å²) in [6, 6.07) is 1.78. The SMILES string of the molecule is CCCCCCCCCCCCOC(=O)c1cc([N+](=O)[O-])cc(C(F)(F)F)c1. The number of benzene rings is 1. The summed E-state index contributed by atoms with van der Waals surface area (Å²) >= 11 is 0. The summed E-state index contributed by atoms with van der Waals surface area (Å²) in [5.41, 5.74) is -2.50. The maximum Gasteiger partial charge on any atom is 0.416 e. The minimum absolute atomic E-state index is 0.0827. The van der Waals surface area contributed by atoms with Crippen molar-refractivity contribution in [3.05, 3.63) is 39.4 Å². The van der Waals surface area contributed by atoms with Gasteiger partial charge in [0.2, 0.25) is 0 Å². The molecule has 0 heterocycles. The molecule has 0 saturated heterocycles. The van der Waals surface area contributed by atoms with E-state index in [0.717, 1.165) is 25.3 Å². The van der Waals surface area contributed by atoms with Gasteiger partial charge in [0.25, 0.3) is 5.69 Å². The summed E-state index contributed by atoms with van der Waals surface area (Å²) in [6.07, 6.45) is 6.27. The van der Waals surface area contributed by atoms with Crippen LogP contribution >= 0.6 is 0 Å². The van der Waals surface area contributed by atoms with Crippen molar-refractivity contribution in [2.75, 3.05) is 6.61 Å². The molecule has 5 nitrogen and oxygen atoms in total. The van der Waals surface area contributed by atoms with Crippen LogP contribution in [0.4, 0.5) is 18.9 Å². The predicted molar refractivity (Wildman–Crippen MR) is 100 cm³/mol. The van der Waals surface area contributed by atoms with E-state index in [1.54, 1.807) is 0 Å². The molecule has 0 fully saturated rings. The number of ether oxygens (including phenoxy) is 1. The van der Waals surface area contributed by atoms with Gasteiger partial charge in [0.1, 0.15) is 0 Å². The Morgan fingerprint density at radius 3 is 2.00 bits per heavy atom. The first-order valence-electron chi connectivity index (χ1n) is 9.79. The maximum absolute atomic E-state index is 12.8. The fourth-order valence-electron chi connectivity index (χ4n) is 2.84. The van der Waals surface area contributed by atoms with Gasteiger partial charge in [0.05, 0.1) is 22.7 Å². The Morgan fingerprint density at radius 2 is 1.50 bits per heavy atom. The number of esters is 1. The number of hydrogen-bond donors (Lipinski definition) is 0. The van der Waals surface area contributed by atoms with Gasteiger partial charge in [-0.15, -0.1) is 0 Å². The molecule has 8 heteroatoms. The molecular formula is C20H28F3NO4. The monoisotopic (exact) mass is 403 g/mol. The molecule has 0 N–H and O–H groups in total. The topological polar surface area (TPSA) is 69.4 Å². The van der Waals surface area contributed by atoms with Crippen molar-refractivity contribution >= 4 is 11.7 Å². The van der Waals surface area contributed by atoms with E-state index in [0.29, 0.717) is 18.6 Å². The van der Waals surface area contributed by atoms with Crippen molar-refractivity contribution < 1.29 is 27.6 Å². The lowest BCUT2D eigenvalue weighted by molar-refractivity contribution is -0.385. The number of carbonyl (C=O) groups excluding carboxylic acids is 1. The second kappa shape index (κ2) is 12.4. The molecular weight excluding hydrogens is 375 g/mol. The van der Waals surface area contributed by atoms with Gasteiger partial charge in [-0.3, -0.25) is 10.1 Å². The Bertz CT molecular complexity index is 632. The molecule has 0 aromatic heterocycles. The van der Waals surface area contributed by atoms with Gasteiger partial charge in [0.15, 0.2) is 0 Å². The number of unbranched alkanes of at least 4 members (excludes halogenated alkanes) is 9. The van der Waals surface area contributed by atoms with Crippen LogP contribution in [0.1, 0.15) is 87.1 Å². The Balaban J connectivity index is 2.35. The summed E-state index contributed by atoms with van der Waals surface area (Å²) in [6.45, 7) is 2.26. The molecule has 1 aromatic rings. The number of non-ortho nitro benzene ring substituents is 1. The van der Waals surface area contributed by atoms with Gasteiger partial charge in [-0.2, -0.15) is 13.2 Å². The van der Waals surface area contributed by atoms with E-state index in [1.165, 1.54) is 38.5 Å². The number of halogens is 3. The van der Waals surface area contributed by atoms with E-state index in [1.807, 2.05) is 0 Å². The van der Waals surface area contributed by atoms with Gasteiger partial charge in [-0.1, -0.05) is 64.7 Å². The number of nitrogens with zero attached hydrogens (tertiary/aromatic N) is 1. The highest BCUT2D eigenvalue weighted by atomic mass is 19.4. The van der Waals surface area contributed by atoms with Crippen LogP contribution < -0.4 is 0 Å². The lowest BCUT2D eigenvalue weighted by Crippen LogP contribution is -2.11. The standard InChI is InChI=1S/C20H28F3NO4/c1-2-3-4-5-6-7-8-9-10-11-12-28-19(25)16-13-17(20(21,22)23)15-18(14-16)24(26)27/h13-15H,2-12H2,1H3. The van der Waals surface area contributed by atoms with Crippen LogP contribution in [0.25, 0.3) is 0 Å². The molecule has 0 amide bonds. The van der Waals surface area contributed by atoms with E-state index >= 15 is 0 Å². The summed E-state index contributed by atoms with van der Waals surface area (Å²) in [5.74, 6) is -0.981. The Labute approximate surface area is 163 Å². The number of rotatable bonds is 13. The molecule has 0 atom stereocenters. The van der Waals surface area contributed by atoms with Crippen LogP contribution in [-0.2, 0) is 10.9 Å². The highest BCUT2D eigenvalue weighted by Crippen LogP contribution is 2.32. The molecule has 0 aliphatic heterocycles. The molecule has 0 aliphatic carbocycles. The minimum atomic E-state index is -4.78. The maximum atomic E-state index is 12.8. The second-order valence-electron chi connectivity index (χ2n) is 6.84. The Morgan fingerprint density at radius 1 is 0.964 bits per heavy atom. The first-order valence-corrected chi connectivity index (χ1v) is 9.79. The fourth-order valence-corrected chi connectivity index (χ4v) is 2.84. The number of alkyl halides is 3. The largest absolute Gasteiger partial charge is 0.462 e. The number of carbonyl (C=O) groups is 1. The van der Waals surface area contributed by atoms with Crippen molar-refractivity contribution in [2.24, 2.45) is 0 Å². The molecule has 1 rings (SSSR count). The summed E-state index contributed by atoms with van der Waals surface area (Å²) in [5, 5.41) is 10.8. The number of hydrogen-bond acceptors (Lipinski definition) is 4. The predicted octanol–water partition coefficient (Wildman–Crippen LogP) is 6.69. The third-order valence-corrected chi connectivity index (χ3v) is 4.42. The van der Waals surface area contributed by atoms with Gasteiger partial charge in [-0.05, 0) is 12.5 Å². The third kappa shape index (κ3) is 9.19. The van der Waals surface area contributed by atoms with E-state index < -0.39 is 33.9 Å². The van der Waals surface area contributed by atoms with E-state index in [2.05, 4.69) is 6.92 Å². The fraction of sp³-hybridized carbons (Fsp3) is 0.650. The van der Waals surface area contributed by atoms with Crippen LogP contribution in [0.2, 0.25) is 0 Å². The number of nitro groups is 1. The molecule has 0 bridgehead atoms. The van der Waals surface area contributed by atoms with Crippen molar-refractivity contribution in [1.29, 1.82) is 0 Å². The second-order valence-corrected chi connectivity index (χ2v) is 6.84. The highest BCUT2D eigenvalue weighted by molar-refractivity contribution is 5.90. The van der Waals surface area contributed by atoms with Crippen molar-refractivity contribution in [2.45, 2.75) is 77.3 Å². The quantitative estimate of drug-likeness (QED) is 0.159. The lowest BCUT2D eigenvalue weighted by Gasteiger charge is -2.09. The number of nitro benzene ring substituents is 1. The minimum Gasteiger partial charge on any atom is -0.462 e. The zero-order chi connectivity index (χ0) is 21.0. The van der Waals surface area contributed by atoms with Gasteiger partial charge >= 0.3 is 12.1 Å². The van der Waals surface area contributed by atoms with Crippen LogP contribution in [0, 0.1) is 10.1 Å². The molecule has 0 radical (unpaired) electrons. The first kappa shape index (κ1) is 23.9.